The lowest BCUT2D eigenvalue weighted by Gasteiger charge is -2.36. The highest BCUT2D eigenvalue weighted by Crippen LogP contribution is 2.46. The van der Waals surface area contributed by atoms with Crippen LogP contribution in [0.3, 0.4) is 0 Å². The Morgan fingerprint density at radius 3 is 2.37 bits per heavy atom. The van der Waals surface area contributed by atoms with Gasteiger partial charge in [-0.05, 0) is 76.8 Å². The van der Waals surface area contributed by atoms with Crippen LogP contribution in [0.1, 0.15) is 91.5 Å². The van der Waals surface area contributed by atoms with E-state index in [2.05, 4.69) is 16.8 Å². The van der Waals surface area contributed by atoms with Crippen molar-refractivity contribution in [1.29, 1.82) is 0 Å². The van der Waals surface area contributed by atoms with Gasteiger partial charge >= 0.3 is 11.9 Å². The minimum absolute atomic E-state index is 0.0272. The molecule has 3 fully saturated rings. The number of ketones is 1. The number of carbonyl (C=O) groups excluding carboxylic acids is 3. The molecule has 2 aliphatic heterocycles. The number of ether oxygens (including phenoxy) is 5. The van der Waals surface area contributed by atoms with Crippen LogP contribution in [0.15, 0.2) is 30.6 Å². The van der Waals surface area contributed by atoms with E-state index in [1.165, 1.54) is 11.8 Å². The molecule has 298 valence electrons. The third kappa shape index (κ3) is 10.2. The van der Waals surface area contributed by atoms with Gasteiger partial charge in [-0.15, -0.1) is 11.8 Å². The number of Topliss-reactive ketones (excluding diaryl/α,β-unsaturated/α-hetero) is 1. The molecular weight excluding hydrogens is 751 g/mol. The summed E-state index contributed by atoms with van der Waals surface area (Å²) >= 11 is 14.7. The number of rotatable bonds is 11. The number of aromatic nitrogens is 1. The standard InChI is InChI=1S/C41H56Cl2N2O8S/c1-25-18-26(2)38(47)51-24-41(5)36(27(3)33(46)14-15-40(4,20-25)50-7)37(39(48)53-41)54-17-16-45(23-30-31(42)21-44-22-32(30)43)28-12-13-34(49-6)35(19-28)52-29-10-8-9-11-29/h12-13,19,21-22,25-27,29,36-37H,8-11,14-18,20,23-24H2,1-7H3/t25-,26+,27-,36-,37-,40+,41+/m0/s1. The SMILES string of the molecule is COc1ccc(N(CCS[C@@H]2C(=O)O[C@]3(C)COC(=O)[C@H](C)C[C@H](C)C[C@](C)(OC)CCC(=O)[C@H](C)[C@@H]23)Cc2c(Cl)cncc2Cl)cc1OC1CCCC1. The lowest BCUT2D eigenvalue weighted by molar-refractivity contribution is -0.167. The number of hydrogen-bond acceptors (Lipinski definition) is 11. The summed E-state index contributed by atoms with van der Waals surface area (Å²) in [5.74, 6) is -0.173. The topological polar surface area (TPSA) is 113 Å². The predicted octanol–water partition coefficient (Wildman–Crippen LogP) is 8.76. The van der Waals surface area contributed by atoms with Gasteiger partial charge in [0.05, 0.1) is 34.8 Å². The molecule has 1 aliphatic carbocycles. The highest BCUT2D eigenvalue weighted by molar-refractivity contribution is 8.00. The second-order valence-electron chi connectivity index (χ2n) is 15.9. The Morgan fingerprint density at radius 2 is 1.70 bits per heavy atom. The number of methoxy groups -OCH3 is 2. The zero-order chi connectivity index (χ0) is 39.2. The van der Waals surface area contributed by atoms with Crippen LogP contribution in [0.2, 0.25) is 10.0 Å². The smallest absolute Gasteiger partial charge is 0.320 e. The maximum atomic E-state index is 14.0. The van der Waals surface area contributed by atoms with Crippen LogP contribution >= 0.6 is 35.0 Å². The van der Waals surface area contributed by atoms with Crippen molar-refractivity contribution in [2.75, 3.05) is 38.0 Å². The van der Waals surface area contributed by atoms with E-state index < -0.39 is 34.3 Å². The van der Waals surface area contributed by atoms with E-state index in [0.717, 1.165) is 36.9 Å². The van der Waals surface area contributed by atoms with E-state index in [1.807, 2.05) is 39.0 Å². The van der Waals surface area contributed by atoms with Crippen LogP contribution in [0.5, 0.6) is 11.5 Å². The quantitative estimate of drug-likeness (QED) is 0.203. The Hall–Kier alpha value is -2.73. The second-order valence-corrected chi connectivity index (χ2v) is 17.9. The fourth-order valence-corrected chi connectivity index (χ4v) is 10.4. The summed E-state index contributed by atoms with van der Waals surface area (Å²) < 4.78 is 30.0. The molecular formula is C41H56Cl2N2O8S. The number of pyridine rings is 1. The van der Waals surface area contributed by atoms with Crippen LogP contribution in [0.4, 0.5) is 5.69 Å². The largest absolute Gasteiger partial charge is 0.493 e. The number of nitrogens with zero attached hydrogens (tertiary/aromatic N) is 2. The molecule has 54 heavy (non-hydrogen) atoms. The Labute approximate surface area is 334 Å². The molecule has 0 unspecified atom stereocenters. The molecule has 7 atom stereocenters. The van der Waals surface area contributed by atoms with Crippen LogP contribution in [-0.4, -0.2) is 78.4 Å². The van der Waals surface area contributed by atoms with E-state index in [0.29, 0.717) is 66.1 Å². The minimum atomic E-state index is -1.18. The van der Waals surface area contributed by atoms with Gasteiger partial charge in [0.15, 0.2) is 11.5 Å². The highest BCUT2D eigenvalue weighted by Gasteiger charge is 2.57. The average molecular weight is 808 g/mol. The van der Waals surface area contributed by atoms with Gasteiger partial charge < -0.3 is 28.6 Å². The summed E-state index contributed by atoms with van der Waals surface area (Å²) in [5.41, 5.74) is -0.126. The second kappa shape index (κ2) is 18.5. The fraction of sp³-hybridized carbons (Fsp3) is 0.659. The number of fused-ring (bicyclic) bond motifs is 1. The first-order valence-electron chi connectivity index (χ1n) is 19.1. The molecule has 1 aromatic heterocycles. The molecule has 0 bridgehead atoms. The number of cyclic esters (lactones) is 1. The number of thioether (sulfide) groups is 1. The molecule has 10 nitrogen and oxygen atoms in total. The zero-order valence-corrected chi connectivity index (χ0v) is 35.0. The van der Waals surface area contributed by atoms with Gasteiger partial charge in [0.1, 0.15) is 23.2 Å². The third-order valence-electron chi connectivity index (χ3n) is 11.5. The zero-order valence-electron chi connectivity index (χ0n) is 32.7. The number of anilines is 1. The van der Waals surface area contributed by atoms with Crippen molar-refractivity contribution < 1.29 is 38.1 Å². The van der Waals surface area contributed by atoms with E-state index in [1.54, 1.807) is 33.5 Å². The van der Waals surface area contributed by atoms with E-state index in [4.69, 9.17) is 46.9 Å². The van der Waals surface area contributed by atoms with Crippen LogP contribution in [0, 0.1) is 23.7 Å². The number of halogens is 2. The first-order valence-corrected chi connectivity index (χ1v) is 20.9. The molecule has 0 amide bonds. The molecule has 5 rings (SSSR count). The molecule has 0 spiro atoms. The van der Waals surface area contributed by atoms with Gasteiger partial charge in [0, 0.05) is 73.9 Å². The Balaban J connectivity index is 1.41. The molecule has 1 saturated carbocycles. The minimum Gasteiger partial charge on any atom is -0.493 e. The lowest BCUT2D eigenvalue weighted by Crippen LogP contribution is -2.46. The lowest BCUT2D eigenvalue weighted by atomic mass is 9.75. The average Bonchev–Trinajstić information content (AvgIpc) is 3.74. The monoisotopic (exact) mass is 806 g/mol. The number of benzene rings is 1. The molecule has 13 heteroatoms. The van der Waals surface area contributed by atoms with Gasteiger partial charge in [-0.3, -0.25) is 19.4 Å². The molecule has 2 aromatic rings. The molecule has 2 saturated heterocycles. The van der Waals surface area contributed by atoms with Crippen molar-refractivity contribution in [1.82, 2.24) is 4.98 Å². The Kier molecular flexibility index (Phi) is 14.5. The summed E-state index contributed by atoms with van der Waals surface area (Å²) in [6, 6.07) is 5.85. The van der Waals surface area contributed by atoms with E-state index in [-0.39, 0.29) is 36.3 Å². The van der Waals surface area contributed by atoms with E-state index >= 15 is 0 Å². The third-order valence-corrected chi connectivity index (χ3v) is 13.5. The van der Waals surface area contributed by atoms with Crippen LogP contribution in [-0.2, 0) is 35.1 Å². The first-order chi connectivity index (χ1) is 25.7. The molecule has 1 aromatic carbocycles. The van der Waals surface area contributed by atoms with Crippen LogP contribution in [0.25, 0.3) is 0 Å². The summed E-state index contributed by atoms with van der Waals surface area (Å²) in [7, 11) is 3.30. The van der Waals surface area contributed by atoms with Gasteiger partial charge in [-0.25, -0.2) is 0 Å². The Bertz CT molecular complexity index is 1620. The summed E-state index contributed by atoms with van der Waals surface area (Å²) in [5, 5.41) is 0.223. The van der Waals surface area contributed by atoms with Crippen molar-refractivity contribution >= 4 is 58.4 Å². The van der Waals surface area contributed by atoms with Gasteiger partial charge in [0.2, 0.25) is 0 Å². The number of carbonyl (C=O) groups is 3. The van der Waals surface area contributed by atoms with Crippen molar-refractivity contribution in [2.24, 2.45) is 23.7 Å². The Morgan fingerprint density at radius 1 is 1.00 bits per heavy atom. The van der Waals surface area contributed by atoms with Crippen LogP contribution < -0.4 is 14.4 Å². The summed E-state index contributed by atoms with van der Waals surface area (Å²) in [6.07, 6.45) is 9.70. The maximum Gasteiger partial charge on any atom is 0.320 e. The molecule has 3 aliphatic rings. The maximum absolute atomic E-state index is 14.0. The first kappa shape index (κ1) is 42.4. The van der Waals surface area contributed by atoms with Crippen molar-refractivity contribution in [3.8, 4) is 11.5 Å². The van der Waals surface area contributed by atoms with Gasteiger partial charge in [0.25, 0.3) is 0 Å². The molecule has 0 radical (unpaired) electrons. The van der Waals surface area contributed by atoms with Gasteiger partial charge in [-0.1, -0.05) is 44.0 Å². The number of esters is 2. The van der Waals surface area contributed by atoms with Crippen molar-refractivity contribution in [3.63, 3.8) is 0 Å². The van der Waals surface area contributed by atoms with Crippen molar-refractivity contribution in [3.05, 3.63) is 46.2 Å². The summed E-state index contributed by atoms with van der Waals surface area (Å²) in [6.45, 7) is 10.4. The van der Waals surface area contributed by atoms with Crippen molar-refractivity contribution in [2.45, 2.75) is 115 Å². The predicted molar refractivity (Wildman–Crippen MR) is 213 cm³/mol. The molecule has 3 heterocycles. The highest BCUT2D eigenvalue weighted by atomic mass is 35.5. The normalized spacial score (nSPS) is 29.9. The summed E-state index contributed by atoms with van der Waals surface area (Å²) in [4.78, 5) is 47.2. The van der Waals surface area contributed by atoms with Gasteiger partial charge in [-0.2, -0.15) is 0 Å². The van der Waals surface area contributed by atoms with E-state index in [9.17, 15) is 14.4 Å². The number of hydrogen-bond donors (Lipinski definition) is 0. The fourth-order valence-electron chi connectivity index (χ4n) is 8.40. The molecule has 0 N–H and O–H groups in total.